The molecule has 0 aliphatic heterocycles. The molecule has 0 aliphatic carbocycles. The fourth-order valence-corrected chi connectivity index (χ4v) is 4.53. The average Bonchev–Trinajstić information content (AvgIpc) is 3.52. The highest BCUT2D eigenvalue weighted by molar-refractivity contribution is 6.01. The standard InChI is InChI=1S/C29H24N6O/c1-3-27(36)32-21-11-19(14-30-16-21)20-12-24-28(34-35-29(24)31-15-20)26-13-23-22(8-5-9-25(23)33-26)18-7-4-6-17(2)10-18/h4-16,33H,3H2,1-2H3,(H,32,36)(H,31,34,35). The smallest absolute Gasteiger partial charge is 0.224 e. The lowest BCUT2D eigenvalue weighted by Gasteiger charge is -2.06. The van der Waals surface area contributed by atoms with Crippen molar-refractivity contribution >= 4 is 33.5 Å². The molecular formula is C29H24N6O. The van der Waals surface area contributed by atoms with E-state index in [-0.39, 0.29) is 5.91 Å². The van der Waals surface area contributed by atoms with E-state index in [9.17, 15) is 4.79 Å². The minimum atomic E-state index is -0.0523. The number of H-pyrrole nitrogens is 2. The SMILES string of the molecule is CCC(=O)Nc1cncc(-c2cnc3n[nH]c(-c4cc5c(-c6cccc(C)c6)cccc5[nH]4)c3c2)c1. The van der Waals surface area contributed by atoms with E-state index < -0.39 is 0 Å². The predicted molar refractivity (Wildman–Crippen MR) is 144 cm³/mol. The maximum atomic E-state index is 11.8. The molecule has 6 aromatic rings. The first-order valence-electron chi connectivity index (χ1n) is 11.9. The third kappa shape index (κ3) is 3.90. The molecule has 4 heterocycles. The van der Waals surface area contributed by atoms with Crippen LogP contribution >= 0.6 is 0 Å². The summed E-state index contributed by atoms with van der Waals surface area (Å²) >= 11 is 0. The van der Waals surface area contributed by atoms with E-state index in [1.54, 1.807) is 18.6 Å². The normalized spacial score (nSPS) is 11.3. The third-order valence-electron chi connectivity index (χ3n) is 6.35. The topological polar surface area (TPSA) is 99.3 Å². The van der Waals surface area contributed by atoms with Gasteiger partial charge < -0.3 is 10.3 Å². The first kappa shape index (κ1) is 21.7. The molecule has 1 amide bonds. The number of benzene rings is 2. The molecule has 0 atom stereocenters. The Morgan fingerprint density at radius 1 is 0.917 bits per heavy atom. The molecule has 0 saturated carbocycles. The zero-order chi connectivity index (χ0) is 24.6. The Bertz CT molecular complexity index is 1750. The first-order chi connectivity index (χ1) is 17.6. The van der Waals surface area contributed by atoms with Crippen molar-refractivity contribution in [1.82, 2.24) is 25.1 Å². The fourth-order valence-electron chi connectivity index (χ4n) is 4.53. The Hall–Kier alpha value is -4.78. The molecule has 0 aliphatic rings. The number of aromatic amines is 2. The number of aryl methyl sites for hydroxylation is 1. The minimum Gasteiger partial charge on any atom is -0.353 e. The van der Waals surface area contributed by atoms with Gasteiger partial charge in [-0.05, 0) is 42.3 Å². The lowest BCUT2D eigenvalue weighted by molar-refractivity contribution is -0.115. The van der Waals surface area contributed by atoms with Crippen LogP contribution < -0.4 is 5.32 Å². The fraction of sp³-hybridized carbons (Fsp3) is 0.103. The number of nitrogens with zero attached hydrogens (tertiary/aromatic N) is 3. The first-order valence-corrected chi connectivity index (χ1v) is 11.9. The van der Waals surface area contributed by atoms with E-state index >= 15 is 0 Å². The van der Waals surface area contributed by atoms with Crippen LogP contribution in [0.4, 0.5) is 5.69 Å². The molecule has 176 valence electrons. The number of aromatic nitrogens is 5. The monoisotopic (exact) mass is 472 g/mol. The summed E-state index contributed by atoms with van der Waals surface area (Å²) in [6, 6.07) is 21.0. The van der Waals surface area contributed by atoms with Crippen molar-refractivity contribution in [3.05, 3.63) is 84.8 Å². The molecular weight excluding hydrogens is 448 g/mol. The van der Waals surface area contributed by atoms with Crippen molar-refractivity contribution in [2.75, 3.05) is 5.32 Å². The summed E-state index contributed by atoms with van der Waals surface area (Å²) in [5, 5.41) is 12.5. The molecule has 36 heavy (non-hydrogen) atoms. The summed E-state index contributed by atoms with van der Waals surface area (Å²) in [5.74, 6) is -0.0523. The van der Waals surface area contributed by atoms with Gasteiger partial charge in [-0.25, -0.2) is 4.98 Å². The molecule has 0 bridgehead atoms. The number of hydrogen-bond donors (Lipinski definition) is 3. The van der Waals surface area contributed by atoms with Gasteiger partial charge in [-0.2, -0.15) is 5.10 Å². The number of pyridine rings is 2. The Labute approximate surface area is 207 Å². The summed E-state index contributed by atoms with van der Waals surface area (Å²) in [6.07, 6.45) is 5.59. The largest absolute Gasteiger partial charge is 0.353 e. The van der Waals surface area contributed by atoms with Crippen molar-refractivity contribution in [3.8, 4) is 33.6 Å². The Morgan fingerprint density at radius 3 is 2.64 bits per heavy atom. The number of fused-ring (bicyclic) bond motifs is 2. The second-order valence-corrected chi connectivity index (χ2v) is 8.88. The summed E-state index contributed by atoms with van der Waals surface area (Å²) in [6.45, 7) is 3.93. The van der Waals surface area contributed by atoms with Crippen molar-refractivity contribution in [3.63, 3.8) is 0 Å². The highest BCUT2D eigenvalue weighted by Gasteiger charge is 2.15. The quantitative estimate of drug-likeness (QED) is 0.267. The number of amides is 1. The summed E-state index contributed by atoms with van der Waals surface area (Å²) in [7, 11) is 0. The van der Waals surface area contributed by atoms with E-state index in [1.165, 1.54) is 16.7 Å². The van der Waals surface area contributed by atoms with Crippen LogP contribution in [0.25, 0.3) is 55.6 Å². The van der Waals surface area contributed by atoms with Crippen LogP contribution in [0.5, 0.6) is 0 Å². The van der Waals surface area contributed by atoms with Gasteiger partial charge in [0.15, 0.2) is 5.65 Å². The summed E-state index contributed by atoms with van der Waals surface area (Å²) in [4.78, 5) is 24.2. The second-order valence-electron chi connectivity index (χ2n) is 8.88. The van der Waals surface area contributed by atoms with Crippen molar-refractivity contribution in [2.24, 2.45) is 0 Å². The minimum absolute atomic E-state index is 0.0523. The third-order valence-corrected chi connectivity index (χ3v) is 6.35. The van der Waals surface area contributed by atoms with Crippen LogP contribution in [0.15, 0.2) is 79.3 Å². The lowest BCUT2D eigenvalue weighted by atomic mass is 10.00. The van der Waals surface area contributed by atoms with Crippen molar-refractivity contribution in [2.45, 2.75) is 20.3 Å². The van der Waals surface area contributed by atoms with Crippen LogP contribution in [0, 0.1) is 6.92 Å². The van der Waals surface area contributed by atoms with Crippen molar-refractivity contribution < 1.29 is 4.79 Å². The zero-order valence-electron chi connectivity index (χ0n) is 20.0. The van der Waals surface area contributed by atoms with Gasteiger partial charge in [-0.1, -0.05) is 48.9 Å². The molecule has 7 nitrogen and oxygen atoms in total. The van der Waals surface area contributed by atoms with Gasteiger partial charge in [0.05, 0.1) is 23.3 Å². The molecule has 3 N–H and O–H groups in total. The van der Waals surface area contributed by atoms with Crippen LogP contribution in [0.2, 0.25) is 0 Å². The van der Waals surface area contributed by atoms with E-state index in [4.69, 9.17) is 0 Å². The second kappa shape index (κ2) is 8.78. The Balaban J connectivity index is 1.43. The van der Waals surface area contributed by atoms with E-state index in [1.807, 2.05) is 13.0 Å². The number of anilines is 1. The van der Waals surface area contributed by atoms with E-state index in [0.717, 1.165) is 38.8 Å². The molecule has 7 heteroatoms. The molecule has 0 spiro atoms. The Morgan fingerprint density at radius 2 is 1.78 bits per heavy atom. The van der Waals surface area contributed by atoms with Crippen LogP contribution in [-0.4, -0.2) is 31.1 Å². The maximum absolute atomic E-state index is 11.8. The van der Waals surface area contributed by atoms with Crippen molar-refractivity contribution in [1.29, 1.82) is 0 Å². The van der Waals surface area contributed by atoms with E-state index in [2.05, 4.69) is 92.0 Å². The number of hydrogen-bond acceptors (Lipinski definition) is 4. The molecule has 4 aromatic heterocycles. The molecule has 0 radical (unpaired) electrons. The predicted octanol–water partition coefficient (Wildman–Crippen LogP) is 6.49. The van der Waals surface area contributed by atoms with Gasteiger partial charge >= 0.3 is 0 Å². The van der Waals surface area contributed by atoms with Gasteiger partial charge in [-0.3, -0.25) is 14.9 Å². The highest BCUT2D eigenvalue weighted by Crippen LogP contribution is 2.35. The highest BCUT2D eigenvalue weighted by atomic mass is 16.1. The summed E-state index contributed by atoms with van der Waals surface area (Å²) in [5.41, 5.74) is 9.51. The zero-order valence-corrected chi connectivity index (χ0v) is 20.0. The maximum Gasteiger partial charge on any atom is 0.224 e. The number of rotatable bonds is 5. The number of carbonyl (C=O) groups is 1. The molecule has 0 saturated heterocycles. The van der Waals surface area contributed by atoms with Crippen LogP contribution in [0.3, 0.4) is 0 Å². The molecule has 0 unspecified atom stereocenters. The number of carbonyl (C=O) groups excluding carboxylic acids is 1. The van der Waals surface area contributed by atoms with Gasteiger partial charge in [0.1, 0.15) is 0 Å². The van der Waals surface area contributed by atoms with Gasteiger partial charge in [0.2, 0.25) is 5.91 Å². The van der Waals surface area contributed by atoms with Crippen LogP contribution in [-0.2, 0) is 4.79 Å². The molecule has 2 aromatic carbocycles. The van der Waals surface area contributed by atoms with Gasteiger partial charge in [-0.15, -0.1) is 0 Å². The van der Waals surface area contributed by atoms with Gasteiger partial charge in [0, 0.05) is 46.2 Å². The lowest BCUT2D eigenvalue weighted by Crippen LogP contribution is -2.09. The molecule has 6 rings (SSSR count). The van der Waals surface area contributed by atoms with E-state index in [0.29, 0.717) is 17.8 Å². The average molecular weight is 473 g/mol. The molecule has 0 fully saturated rings. The number of nitrogens with one attached hydrogen (secondary N) is 3. The van der Waals surface area contributed by atoms with Gasteiger partial charge in [0.25, 0.3) is 0 Å². The Kier molecular flexibility index (Phi) is 5.30. The summed E-state index contributed by atoms with van der Waals surface area (Å²) < 4.78 is 0. The van der Waals surface area contributed by atoms with Crippen LogP contribution in [0.1, 0.15) is 18.9 Å².